The van der Waals surface area contributed by atoms with E-state index in [1.807, 2.05) is 30.3 Å². The van der Waals surface area contributed by atoms with E-state index in [0.29, 0.717) is 30.3 Å². The number of rotatable bonds is 10. The number of methoxy groups -OCH3 is 1. The molecule has 0 aliphatic carbocycles. The van der Waals surface area contributed by atoms with Gasteiger partial charge >= 0.3 is 5.97 Å². The molecule has 0 saturated heterocycles. The predicted octanol–water partition coefficient (Wildman–Crippen LogP) is 2.29. The van der Waals surface area contributed by atoms with E-state index in [4.69, 9.17) is 21.1 Å². The van der Waals surface area contributed by atoms with Crippen molar-refractivity contribution in [3.63, 3.8) is 0 Å². The summed E-state index contributed by atoms with van der Waals surface area (Å²) in [6.45, 7) is 0.365. The minimum Gasteiger partial charge on any atom is -0.454 e. The van der Waals surface area contributed by atoms with Gasteiger partial charge in [0.1, 0.15) is 6.54 Å². The fourth-order valence-corrected chi connectivity index (χ4v) is 2.56. The monoisotopic (exact) mass is 418 g/mol. The molecule has 2 aromatic rings. The normalized spacial score (nSPS) is 10.3. The summed E-state index contributed by atoms with van der Waals surface area (Å²) in [5.74, 6) is -1.48. The van der Waals surface area contributed by atoms with E-state index in [1.54, 1.807) is 36.3 Å². The van der Waals surface area contributed by atoms with E-state index < -0.39 is 18.5 Å². The standard InChI is InChI=1S/C21H23ClN2O5/c1-28-12-11-24(14-16-5-3-2-4-6-16)19(25)15-29-20(26)13-23-21(27)17-7-9-18(22)10-8-17/h2-10H,11-15H2,1H3,(H,23,27). The predicted molar refractivity (Wildman–Crippen MR) is 108 cm³/mol. The number of amides is 2. The SMILES string of the molecule is COCCN(Cc1ccccc1)C(=O)COC(=O)CNC(=O)c1ccc(Cl)cc1. The Morgan fingerprint density at radius 1 is 1.03 bits per heavy atom. The molecule has 2 rings (SSSR count). The van der Waals surface area contributed by atoms with E-state index in [1.165, 1.54) is 0 Å². The van der Waals surface area contributed by atoms with Crippen molar-refractivity contribution < 1.29 is 23.9 Å². The van der Waals surface area contributed by atoms with Crippen LogP contribution >= 0.6 is 11.6 Å². The summed E-state index contributed by atoms with van der Waals surface area (Å²) < 4.78 is 10.0. The summed E-state index contributed by atoms with van der Waals surface area (Å²) in [6, 6.07) is 15.7. The Morgan fingerprint density at radius 2 is 1.72 bits per heavy atom. The first-order chi connectivity index (χ1) is 14.0. The van der Waals surface area contributed by atoms with Crippen LogP contribution in [0.1, 0.15) is 15.9 Å². The van der Waals surface area contributed by atoms with Crippen molar-refractivity contribution in [2.45, 2.75) is 6.54 Å². The van der Waals surface area contributed by atoms with Crippen LogP contribution in [0.25, 0.3) is 0 Å². The smallest absolute Gasteiger partial charge is 0.325 e. The zero-order valence-corrected chi connectivity index (χ0v) is 16.9. The number of nitrogens with one attached hydrogen (secondary N) is 1. The maximum Gasteiger partial charge on any atom is 0.325 e. The molecule has 0 radical (unpaired) electrons. The lowest BCUT2D eigenvalue weighted by Crippen LogP contribution is -2.38. The molecule has 0 aliphatic heterocycles. The lowest BCUT2D eigenvalue weighted by Gasteiger charge is -2.22. The zero-order chi connectivity index (χ0) is 21.1. The Labute approximate surface area is 174 Å². The molecule has 2 amide bonds. The van der Waals surface area contributed by atoms with Crippen molar-refractivity contribution in [3.05, 3.63) is 70.7 Å². The molecule has 0 atom stereocenters. The van der Waals surface area contributed by atoms with Crippen LogP contribution in [0.3, 0.4) is 0 Å². The van der Waals surface area contributed by atoms with Crippen molar-refractivity contribution in [2.75, 3.05) is 33.4 Å². The molecule has 0 fully saturated rings. The second-order valence-electron chi connectivity index (χ2n) is 6.14. The second-order valence-corrected chi connectivity index (χ2v) is 6.58. The molecule has 8 heteroatoms. The average molecular weight is 419 g/mol. The Kier molecular flexibility index (Phi) is 9.14. The van der Waals surface area contributed by atoms with Gasteiger partial charge in [0.05, 0.1) is 6.61 Å². The van der Waals surface area contributed by atoms with Crippen LogP contribution < -0.4 is 5.32 Å². The fourth-order valence-electron chi connectivity index (χ4n) is 2.44. The second kappa shape index (κ2) is 11.8. The fraction of sp³-hybridized carbons (Fsp3) is 0.286. The number of carbonyl (C=O) groups excluding carboxylic acids is 3. The van der Waals surface area contributed by atoms with Crippen molar-refractivity contribution in [2.24, 2.45) is 0 Å². The molecule has 0 heterocycles. The number of ether oxygens (including phenoxy) is 2. The third kappa shape index (κ3) is 7.93. The summed E-state index contributed by atoms with van der Waals surface area (Å²) in [7, 11) is 1.55. The van der Waals surface area contributed by atoms with Crippen LogP contribution in [0.4, 0.5) is 0 Å². The molecule has 0 aliphatic rings. The van der Waals surface area contributed by atoms with Gasteiger partial charge in [-0.05, 0) is 29.8 Å². The van der Waals surface area contributed by atoms with Crippen molar-refractivity contribution >= 4 is 29.4 Å². The molecule has 0 bridgehead atoms. The number of nitrogens with zero attached hydrogens (tertiary/aromatic N) is 1. The topological polar surface area (TPSA) is 84.9 Å². The summed E-state index contributed by atoms with van der Waals surface area (Å²) in [5, 5.41) is 2.95. The highest BCUT2D eigenvalue weighted by atomic mass is 35.5. The van der Waals surface area contributed by atoms with E-state index in [-0.39, 0.29) is 12.5 Å². The Morgan fingerprint density at radius 3 is 2.38 bits per heavy atom. The van der Waals surface area contributed by atoms with E-state index in [2.05, 4.69) is 5.32 Å². The van der Waals surface area contributed by atoms with E-state index in [9.17, 15) is 14.4 Å². The Balaban J connectivity index is 1.80. The van der Waals surface area contributed by atoms with Gasteiger partial charge in [-0.1, -0.05) is 41.9 Å². The van der Waals surface area contributed by atoms with E-state index in [0.717, 1.165) is 5.56 Å². The molecule has 0 spiro atoms. The molecule has 1 N–H and O–H groups in total. The largest absolute Gasteiger partial charge is 0.454 e. The third-order valence-corrected chi connectivity index (χ3v) is 4.24. The van der Waals surface area contributed by atoms with Gasteiger partial charge in [0, 0.05) is 30.8 Å². The molecule has 2 aromatic carbocycles. The van der Waals surface area contributed by atoms with Crippen LogP contribution in [0.5, 0.6) is 0 Å². The molecular weight excluding hydrogens is 396 g/mol. The van der Waals surface area contributed by atoms with Crippen LogP contribution in [-0.4, -0.2) is 56.1 Å². The molecule has 29 heavy (non-hydrogen) atoms. The molecule has 154 valence electrons. The number of hydrogen-bond acceptors (Lipinski definition) is 5. The average Bonchev–Trinajstić information content (AvgIpc) is 2.74. The highest BCUT2D eigenvalue weighted by Gasteiger charge is 2.17. The summed E-state index contributed by atoms with van der Waals surface area (Å²) in [5.41, 5.74) is 1.32. The molecule has 0 saturated carbocycles. The zero-order valence-electron chi connectivity index (χ0n) is 16.1. The van der Waals surface area contributed by atoms with Crippen molar-refractivity contribution in [3.8, 4) is 0 Å². The van der Waals surface area contributed by atoms with Crippen LogP contribution in [0.2, 0.25) is 5.02 Å². The summed E-state index contributed by atoms with van der Waals surface area (Å²) in [6.07, 6.45) is 0. The van der Waals surface area contributed by atoms with Gasteiger partial charge in [-0.25, -0.2) is 0 Å². The number of carbonyl (C=O) groups is 3. The van der Waals surface area contributed by atoms with Gasteiger partial charge in [0.25, 0.3) is 11.8 Å². The highest BCUT2D eigenvalue weighted by Crippen LogP contribution is 2.09. The van der Waals surface area contributed by atoms with E-state index >= 15 is 0 Å². The maximum atomic E-state index is 12.4. The molecule has 0 unspecified atom stereocenters. The van der Waals surface area contributed by atoms with Crippen molar-refractivity contribution in [1.82, 2.24) is 10.2 Å². The highest BCUT2D eigenvalue weighted by molar-refractivity contribution is 6.30. The lowest BCUT2D eigenvalue weighted by molar-refractivity contribution is -0.151. The minimum absolute atomic E-state index is 0.342. The first-order valence-corrected chi connectivity index (χ1v) is 9.37. The molecule has 7 nitrogen and oxygen atoms in total. The van der Waals surface area contributed by atoms with Gasteiger partial charge in [-0.3, -0.25) is 14.4 Å². The van der Waals surface area contributed by atoms with Gasteiger partial charge < -0.3 is 19.7 Å². The first kappa shape index (κ1) is 22.4. The molecule has 0 aromatic heterocycles. The van der Waals surface area contributed by atoms with Crippen LogP contribution in [0.15, 0.2) is 54.6 Å². The summed E-state index contributed by atoms with van der Waals surface area (Å²) >= 11 is 5.77. The quantitative estimate of drug-likeness (QED) is 0.598. The van der Waals surface area contributed by atoms with Crippen LogP contribution in [-0.2, 0) is 25.6 Å². The Hall–Kier alpha value is -2.90. The third-order valence-electron chi connectivity index (χ3n) is 3.99. The van der Waals surface area contributed by atoms with Gasteiger partial charge in [-0.2, -0.15) is 0 Å². The Bertz CT molecular complexity index is 812. The van der Waals surface area contributed by atoms with Crippen LogP contribution in [0, 0.1) is 0 Å². The van der Waals surface area contributed by atoms with Gasteiger partial charge in [0.15, 0.2) is 6.61 Å². The molecular formula is C21H23ClN2O5. The van der Waals surface area contributed by atoms with Crippen molar-refractivity contribution in [1.29, 1.82) is 0 Å². The van der Waals surface area contributed by atoms with Gasteiger partial charge in [-0.15, -0.1) is 0 Å². The first-order valence-electron chi connectivity index (χ1n) is 8.99. The van der Waals surface area contributed by atoms with Gasteiger partial charge in [0.2, 0.25) is 0 Å². The number of esters is 1. The minimum atomic E-state index is -0.702. The number of halogens is 1. The lowest BCUT2D eigenvalue weighted by atomic mass is 10.2. The number of hydrogen-bond donors (Lipinski definition) is 1. The number of benzene rings is 2. The maximum absolute atomic E-state index is 12.4. The summed E-state index contributed by atoms with van der Waals surface area (Å²) in [4.78, 5) is 37.9.